The number of benzene rings is 1. The molecule has 26 heavy (non-hydrogen) atoms. The van der Waals surface area contributed by atoms with Gasteiger partial charge in [-0.05, 0) is 56.7 Å². The van der Waals surface area contributed by atoms with Gasteiger partial charge >= 0.3 is 6.03 Å². The number of rotatable bonds is 6. The summed E-state index contributed by atoms with van der Waals surface area (Å²) in [6.45, 7) is 5.46. The molecule has 0 saturated carbocycles. The van der Waals surface area contributed by atoms with Crippen LogP contribution in [0.25, 0.3) is 0 Å². The van der Waals surface area contributed by atoms with Gasteiger partial charge in [0.2, 0.25) is 0 Å². The van der Waals surface area contributed by atoms with E-state index < -0.39 is 0 Å². The fourth-order valence-electron chi connectivity index (χ4n) is 2.58. The molecule has 0 saturated heterocycles. The number of amides is 2. The number of hydrogen-bond donors (Lipinski definition) is 1. The van der Waals surface area contributed by atoms with Crippen LogP contribution in [0.5, 0.6) is 5.75 Å². The number of ketones is 1. The summed E-state index contributed by atoms with van der Waals surface area (Å²) in [5.74, 6) is 0.431. The minimum atomic E-state index is -0.274. The van der Waals surface area contributed by atoms with Gasteiger partial charge < -0.3 is 15.0 Å². The molecule has 0 unspecified atom stereocenters. The average molecular weight is 355 g/mol. The van der Waals surface area contributed by atoms with Crippen molar-refractivity contribution in [3.05, 3.63) is 53.3 Å². The maximum atomic E-state index is 12.6. The molecule has 0 aliphatic carbocycles. The second-order valence-corrected chi connectivity index (χ2v) is 6.39. The van der Waals surface area contributed by atoms with Crippen molar-refractivity contribution >= 4 is 17.5 Å². The van der Waals surface area contributed by atoms with Crippen molar-refractivity contribution in [3.63, 3.8) is 0 Å². The van der Waals surface area contributed by atoms with E-state index in [-0.39, 0.29) is 17.9 Å². The largest absolute Gasteiger partial charge is 0.495 e. The van der Waals surface area contributed by atoms with E-state index in [1.54, 1.807) is 36.3 Å². The van der Waals surface area contributed by atoms with Crippen molar-refractivity contribution in [2.45, 2.75) is 33.2 Å². The molecule has 2 rings (SSSR count). The monoisotopic (exact) mass is 355 g/mol. The molecule has 2 amide bonds. The number of aromatic nitrogens is 1. The van der Waals surface area contributed by atoms with E-state index in [4.69, 9.17) is 4.74 Å². The predicted octanol–water partition coefficient (Wildman–Crippen LogP) is 3.70. The second kappa shape index (κ2) is 8.47. The molecular formula is C20H25N3O3. The predicted molar refractivity (Wildman–Crippen MR) is 102 cm³/mol. The number of nitrogens with zero attached hydrogens (tertiary/aromatic N) is 2. The quantitative estimate of drug-likeness (QED) is 0.802. The Morgan fingerprint density at radius 3 is 2.62 bits per heavy atom. The van der Waals surface area contributed by atoms with E-state index in [0.717, 1.165) is 11.3 Å². The number of nitrogens with one attached hydrogen (secondary N) is 1. The summed E-state index contributed by atoms with van der Waals surface area (Å²) in [5.41, 5.74) is 3.06. The molecule has 0 bridgehead atoms. The second-order valence-electron chi connectivity index (χ2n) is 6.39. The number of pyridine rings is 1. The highest BCUT2D eigenvalue weighted by atomic mass is 16.5. The Labute approximate surface area is 154 Å². The van der Waals surface area contributed by atoms with Crippen LogP contribution in [0, 0.1) is 6.92 Å². The van der Waals surface area contributed by atoms with Gasteiger partial charge in [0.1, 0.15) is 5.75 Å². The van der Waals surface area contributed by atoms with Gasteiger partial charge in [0.25, 0.3) is 0 Å². The Balaban J connectivity index is 2.10. The number of Topliss-reactive ketones (excluding diaryl/α,β-unsaturated/α-hetero) is 1. The molecule has 1 aromatic carbocycles. The average Bonchev–Trinajstić information content (AvgIpc) is 2.60. The number of carbonyl (C=O) groups excluding carboxylic acids is 2. The van der Waals surface area contributed by atoms with E-state index in [0.29, 0.717) is 23.4 Å². The van der Waals surface area contributed by atoms with Crippen LogP contribution in [0.4, 0.5) is 10.5 Å². The molecule has 0 aliphatic rings. The van der Waals surface area contributed by atoms with Gasteiger partial charge in [-0.2, -0.15) is 0 Å². The van der Waals surface area contributed by atoms with Crippen LogP contribution in [0.15, 0.2) is 36.5 Å². The van der Waals surface area contributed by atoms with Gasteiger partial charge in [0.15, 0.2) is 5.78 Å². The SMILES string of the molecule is COc1ccc(C(C)=O)cc1NC(=O)N(C)[C@@H](C)Cc1cc(C)ccn1. The van der Waals surface area contributed by atoms with Crippen molar-refractivity contribution in [2.75, 3.05) is 19.5 Å². The van der Waals surface area contributed by atoms with Gasteiger partial charge in [-0.15, -0.1) is 0 Å². The zero-order valence-electron chi connectivity index (χ0n) is 15.9. The Hall–Kier alpha value is -2.89. The van der Waals surface area contributed by atoms with Crippen LogP contribution in [-0.2, 0) is 6.42 Å². The Kier molecular flexibility index (Phi) is 6.33. The highest BCUT2D eigenvalue weighted by molar-refractivity contribution is 5.97. The van der Waals surface area contributed by atoms with Crippen LogP contribution >= 0.6 is 0 Å². The third-order valence-corrected chi connectivity index (χ3v) is 4.31. The van der Waals surface area contributed by atoms with E-state index in [9.17, 15) is 9.59 Å². The number of hydrogen-bond acceptors (Lipinski definition) is 4. The summed E-state index contributed by atoms with van der Waals surface area (Å²) >= 11 is 0. The molecule has 0 spiro atoms. The van der Waals surface area contributed by atoms with Crippen LogP contribution < -0.4 is 10.1 Å². The maximum absolute atomic E-state index is 12.6. The molecule has 1 aromatic heterocycles. The smallest absolute Gasteiger partial charge is 0.321 e. The molecule has 1 atom stereocenters. The first-order valence-electron chi connectivity index (χ1n) is 8.46. The summed E-state index contributed by atoms with van der Waals surface area (Å²) in [5, 5.41) is 2.82. The van der Waals surface area contributed by atoms with E-state index in [1.807, 2.05) is 26.0 Å². The summed E-state index contributed by atoms with van der Waals surface area (Å²) in [6.07, 6.45) is 2.42. The van der Waals surface area contributed by atoms with Crippen molar-refractivity contribution in [1.82, 2.24) is 9.88 Å². The van der Waals surface area contributed by atoms with Gasteiger partial charge in [-0.1, -0.05) is 0 Å². The van der Waals surface area contributed by atoms with Crippen LogP contribution in [0.1, 0.15) is 35.5 Å². The van der Waals surface area contributed by atoms with E-state index >= 15 is 0 Å². The third kappa shape index (κ3) is 4.81. The molecule has 0 radical (unpaired) electrons. The molecule has 138 valence electrons. The lowest BCUT2D eigenvalue weighted by atomic mass is 10.1. The first-order chi connectivity index (χ1) is 12.3. The van der Waals surface area contributed by atoms with Crippen molar-refractivity contribution in [3.8, 4) is 5.75 Å². The molecule has 1 heterocycles. The number of anilines is 1. The highest BCUT2D eigenvalue weighted by Gasteiger charge is 2.18. The fourth-order valence-corrected chi connectivity index (χ4v) is 2.58. The highest BCUT2D eigenvalue weighted by Crippen LogP contribution is 2.26. The first kappa shape index (κ1) is 19.4. The summed E-state index contributed by atoms with van der Waals surface area (Å²) in [7, 11) is 3.26. The Bertz CT molecular complexity index is 805. The Morgan fingerprint density at radius 2 is 2.00 bits per heavy atom. The van der Waals surface area contributed by atoms with E-state index in [1.165, 1.54) is 14.0 Å². The van der Waals surface area contributed by atoms with Gasteiger partial charge in [-0.3, -0.25) is 9.78 Å². The maximum Gasteiger partial charge on any atom is 0.321 e. The van der Waals surface area contributed by atoms with Crippen molar-refractivity contribution in [2.24, 2.45) is 0 Å². The van der Waals surface area contributed by atoms with Gasteiger partial charge in [0.05, 0.1) is 12.8 Å². The zero-order valence-corrected chi connectivity index (χ0v) is 15.9. The summed E-state index contributed by atoms with van der Waals surface area (Å²) in [4.78, 5) is 30.2. The molecule has 1 N–H and O–H groups in total. The molecule has 2 aromatic rings. The summed E-state index contributed by atoms with van der Waals surface area (Å²) < 4.78 is 5.28. The van der Waals surface area contributed by atoms with Crippen LogP contribution in [0.2, 0.25) is 0 Å². The van der Waals surface area contributed by atoms with Crippen LogP contribution in [0.3, 0.4) is 0 Å². The standard InChI is InChI=1S/C20H25N3O3/c1-13-8-9-21-17(10-13)11-14(2)23(4)20(25)22-18-12-16(15(3)24)6-7-19(18)26-5/h6-10,12,14H,11H2,1-5H3,(H,22,25)/t14-/m0/s1. The molecule has 6 nitrogen and oxygen atoms in total. The molecule has 6 heteroatoms. The number of likely N-dealkylation sites (N-methyl/N-ethyl adjacent to an activating group) is 1. The minimum Gasteiger partial charge on any atom is -0.495 e. The van der Waals surface area contributed by atoms with E-state index in [2.05, 4.69) is 10.3 Å². The molecule has 0 fully saturated rings. The van der Waals surface area contributed by atoms with Crippen molar-refractivity contribution < 1.29 is 14.3 Å². The minimum absolute atomic E-state index is 0.0497. The lowest BCUT2D eigenvalue weighted by Crippen LogP contribution is -2.39. The zero-order chi connectivity index (χ0) is 19.3. The molecule has 0 aliphatic heterocycles. The topological polar surface area (TPSA) is 71.5 Å². The summed E-state index contributed by atoms with van der Waals surface area (Å²) in [6, 6.07) is 8.61. The first-order valence-corrected chi connectivity index (χ1v) is 8.46. The van der Waals surface area contributed by atoms with Crippen molar-refractivity contribution in [1.29, 1.82) is 0 Å². The number of aryl methyl sites for hydroxylation is 1. The number of ether oxygens (including phenoxy) is 1. The number of carbonyl (C=O) groups is 2. The fraction of sp³-hybridized carbons (Fsp3) is 0.350. The van der Waals surface area contributed by atoms with Crippen LogP contribution in [-0.4, -0.2) is 41.9 Å². The third-order valence-electron chi connectivity index (χ3n) is 4.31. The lowest BCUT2D eigenvalue weighted by Gasteiger charge is -2.25. The lowest BCUT2D eigenvalue weighted by molar-refractivity contribution is 0.101. The number of urea groups is 1. The normalized spacial score (nSPS) is 11.6. The van der Waals surface area contributed by atoms with Gasteiger partial charge in [-0.25, -0.2) is 4.79 Å². The number of methoxy groups -OCH3 is 1. The van der Waals surface area contributed by atoms with Gasteiger partial charge in [0, 0.05) is 37.0 Å². The molecular weight excluding hydrogens is 330 g/mol. The Morgan fingerprint density at radius 1 is 1.27 bits per heavy atom.